The molecule has 8 heteroatoms. The van der Waals surface area contributed by atoms with Crippen LogP contribution in [0.2, 0.25) is 0 Å². The molecule has 4 rings (SSSR count). The van der Waals surface area contributed by atoms with Gasteiger partial charge in [-0.05, 0) is 52.8 Å². The summed E-state index contributed by atoms with van der Waals surface area (Å²) in [5, 5.41) is 3.63. The van der Waals surface area contributed by atoms with Crippen LogP contribution in [-0.2, 0) is 4.74 Å². The number of guanidine groups is 1. The fourth-order valence-electron chi connectivity index (χ4n) is 4.84. The molecule has 8 nitrogen and oxygen atoms in total. The smallest absolute Gasteiger partial charge is 0.410 e. The van der Waals surface area contributed by atoms with E-state index in [-0.39, 0.29) is 18.2 Å². The van der Waals surface area contributed by atoms with E-state index in [4.69, 9.17) is 14.5 Å². The maximum absolute atomic E-state index is 12.5. The second kappa shape index (κ2) is 9.57. The van der Waals surface area contributed by atoms with Crippen molar-refractivity contribution in [1.29, 1.82) is 0 Å². The Kier molecular flexibility index (Phi) is 6.79. The van der Waals surface area contributed by atoms with Crippen LogP contribution in [0, 0.1) is 0 Å². The average molecular weight is 444 g/mol. The molecule has 176 valence electrons. The quantitative estimate of drug-likeness (QED) is 0.755. The highest BCUT2D eigenvalue weighted by atomic mass is 16.6. The van der Waals surface area contributed by atoms with Crippen molar-refractivity contribution in [3.05, 3.63) is 29.8 Å². The number of ether oxygens (including phenoxy) is 2. The van der Waals surface area contributed by atoms with Gasteiger partial charge in [-0.1, -0.05) is 18.2 Å². The minimum atomic E-state index is -0.476. The number of carbonyl (C=O) groups is 1. The van der Waals surface area contributed by atoms with Gasteiger partial charge in [0.2, 0.25) is 0 Å². The predicted octanol–water partition coefficient (Wildman–Crippen LogP) is 2.71. The molecule has 1 aromatic rings. The van der Waals surface area contributed by atoms with Gasteiger partial charge in [0.1, 0.15) is 11.4 Å². The molecule has 2 fully saturated rings. The second-order valence-electron chi connectivity index (χ2n) is 9.82. The molecular formula is C24H37N5O3. The fraction of sp³-hybridized carbons (Fsp3) is 0.667. The third kappa shape index (κ3) is 5.11. The first-order valence-electron chi connectivity index (χ1n) is 11.8. The average Bonchev–Trinajstić information content (AvgIpc) is 3.43. The van der Waals surface area contributed by atoms with E-state index in [0.29, 0.717) is 19.6 Å². The maximum Gasteiger partial charge on any atom is 0.410 e. The molecule has 3 aliphatic heterocycles. The number of carbonyl (C=O) groups excluding carboxylic acids is 1. The third-order valence-corrected chi connectivity index (χ3v) is 6.39. The monoisotopic (exact) mass is 443 g/mol. The number of rotatable bonds is 5. The lowest BCUT2D eigenvalue weighted by Crippen LogP contribution is -2.58. The Morgan fingerprint density at radius 2 is 1.94 bits per heavy atom. The van der Waals surface area contributed by atoms with Gasteiger partial charge in [-0.2, -0.15) is 0 Å². The summed E-state index contributed by atoms with van der Waals surface area (Å²) >= 11 is 0. The summed E-state index contributed by atoms with van der Waals surface area (Å²) in [5.74, 6) is 1.88. The van der Waals surface area contributed by atoms with Gasteiger partial charge in [0.15, 0.2) is 5.96 Å². The van der Waals surface area contributed by atoms with E-state index in [1.807, 2.05) is 37.8 Å². The zero-order valence-electron chi connectivity index (χ0n) is 19.8. The lowest BCUT2D eigenvalue weighted by Gasteiger charge is -2.39. The SMILES string of the molecule is COc1ccccc1C(CNC1=NCC2CN(C(=O)OC(C)(C)C)CCN12)N1CCCC1. The normalized spacial score (nSPS) is 22.4. The summed E-state index contributed by atoms with van der Waals surface area (Å²) in [6.45, 7) is 11.4. The Hall–Kier alpha value is -2.48. The minimum absolute atomic E-state index is 0.204. The molecule has 1 N–H and O–H groups in total. The molecule has 0 aliphatic carbocycles. The molecule has 2 unspecified atom stereocenters. The van der Waals surface area contributed by atoms with Crippen LogP contribution in [0.1, 0.15) is 45.2 Å². The van der Waals surface area contributed by atoms with Gasteiger partial charge >= 0.3 is 6.09 Å². The Morgan fingerprint density at radius 3 is 2.66 bits per heavy atom. The van der Waals surface area contributed by atoms with E-state index in [9.17, 15) is 4.79 Å². The van der Waals surface area contributed by atoms with Crippen LogP contribution in [0.3, 0.4) is 0 Å². The largest absolute Gasteiger partial charge is 0.496 e. The first-order chi connectivity index (χ1) is 15.4. The van der Waals surface area contributed by atoms with Gasteiger partial charge in [0, 0.05) is 31.7 Å². The standard InChI is InChI=1S/C24H37N5O3/c1-24(2,3)32-23(30)28-13-14-29-18(17-28)15-25-22(29)26-16-20(27-11-7-8-12-27)19-9-5-6-10-21(19)31-4/h5-6,9-10,18,20H,7-8,11-17H2,1-4H3,(H,25,26). The molecule has 0 bridgehead atoms. The topological polar surface area (TPSA) is 69.6 Å². The predicted molar refractivity (Wildman–Crippen MR) is 125 cm³/mol. The lowest BCUT2D eigenvalue weighted by atomic mass is 10.0. The Morgan fingerprint density at radius 1 is 1.19 bits per heavy atom. The first-order valence-corrected chi connectivity index (χ1v) is 11.8. The highest BCUT2D eigenvalue weighted by molar-refractivity contribution is 5.82. The van der Waals surface area contributed by atoms with Crippen molar-refractivity contribution in [2.24, 2.45) is 4.99 Å². The van der Waals surface area contributed by atoms with E-state index >= 15 is 0 Å². The van der Waals surface area contributed by atoms with Gasteiger partial charge in [0.25, 0.3) is 0 Å². The van der Waals surface area contributed by atoms with E-state index in [0.717, 1.165) is 37.9 Å². The van der Waals surface area contributed by atoms with Crippen LogP contribution in [0.5, 0.6) is 5.75 Å². The molecule has 32 heavy (non-hydrogen) atoms. The van der Waals surface area contributed by atoms with Gasteiger partial charge in [-0.25, -0.2) is 4.79 Å². The van der Waals surface area contributed by atoms with Gasteiger partial charge < -0.3 is 24.6 Å². The van der Waals surface area contributed by atoms with Crippen LogP contribution >= 0.6 is 0 Å². The van der Waals surface area contributed by atoms with Crippen molar-refractivity contribution >= 4 is 12.1 Å². The van der Waals surface area contributed by atoms with Crippen molar-refractivity contribution in [2.45, 2.75) is 51.3 Å². The molecule has 3 aliphatic rings. The van der Waals surface area contributed by atoms with E-state index in [1.54, 1.807) is 7.11 Å². The van der Waals surface area contributed by atoms with Crippen molar-refractivity contribution < 1.29 is 14.3 Å². The Labute approximate surface area is 191 Å². The number of nitrogens with one attached hydrogen (secondary N) is 1. The van der Waals surface area contributed by atoms with Crippen LogP contribution in [-0.4, -0.2) is 91.3 Å². The number of methoxy groups -OCH3 is 1. The van der Waals surface area contributed by atoms with Crippen molar-refractivity contribution in [2.75, 3.05) is 52.9 Å². The van der Waals surface area contributed by atoms with E-state index in [1.165, 1.54) is 18.4 Å². The fourth-order valence-corrected chi connectivity index (χ4v) is 4.84. The Balaban J connectivity index is 1.38. The first kappa shape index (κ1) is 22.7. The minimum Gasteiger partial charge on any atom is -0.496 e. The highest BCUT2D eigenvalue weighted by Crippen LogP contribution is 2.31. The molecule has 1 aromatic carbocycles. The number of amides is 1. The highest BCUT2D eigenvalue weighted by Gasteiger charge is 2.37. The van der Waals surface area contributed by atoms with Crippen LogP contribution < -0.4 is 10.1 Å². The third-order valence-electron chi connectivity index (χ3n) is 6.39. The van der Waals surface area contributed by atoms with Crippen molar-refractivity contribution in [1.82, 2.24) is 20.0 Å². The molecule has 0 spiro atoms. The molecule has 0 aromatic heterocycles. The van der Waals surface area contributed by atoms with E-state index in [2.05, 4.69) is 27.2 Å². The summed E-state index contributed by atoms with van der Waals surface area (Å²) in [7, 11) is 1.74. The molecular weight excluding hydrogens is 406 g/mol. The Bertz CT molecular complexity index is 831. The lowest BCUT2D eigenvalue weighted by molar-refractivity contribution is 0.0137. The number of benzene rings is 1. The molecule has 0 saturated carbocycles. The summed E-state index contributed by atoms with van der Waals surface area (Å²) < 4.78 is 11.2. The summed E-state index contributed by atoms with van der Waals surface area (Å²) in [6, 6.07) is 8.75. The van der Waals surface area contributed by atoms with Gasteiger partial charge in [-0.3, -0.25) is 9.89 Å². The molecule has 1 amide bonds. The molecule has 2 atom stereocenters. The molecule has 2 saturated heterocycles. The summed E-state index contributed by atoms with van der Waals surface area (Å²) in [5.41, 5.74) is 0.741. The van der Waals surface area contributed by atoms with Gasteiger partial charge in [-0.15, -0.1) is 0 Å². The van der Waals surface area contributed by atoms with Crippen LogP contribution in [0.4, 0.5) is 4.79 Å². The van der Waals surface area contributed by atoms with Crippen LogP contribution in [0.25, 0.3) is 0 Å². The number of likely N-dealkylation sites (tertiary alicyclic amines) is 1. The number of hydrogen-bond donors (Lipinski definition) is 1. The van der Waals surface area contributed by atoms with Crippen molar-refractivity contribution in [3.63, 3.8) is 0 Å². The van der Waals surface area contributed by atoms with Gasteiger partial charge in [0.05, 0.1) is 25.7 Å². The van der Waals surface area contributed by atoms with Crippen molar-refractivity contribution in [3.8, 4) is 5.75 Å². The number of fused-ring (bicyclic) bond motifs is 1. The second-order valence-corrected chi connectivity index (χ2v) is 9.82. The number of nitrogens with zero attached hydrogens (tertiary/aromatic N) is 4. The van der Waals surface area contributed by atoms with E-state index < -0.39 is 5.60 Å². The molecule has 0 radical (unpaired) electrons. The zero-order valence-corrected chi connectivity index (χ0v) is 19.8. The number of aliphatic imine (C=N–C) groups is 1. The number of piperazine rings is 1. The summed E-state index contributed by atoms with van der Waals surface area (Å²) in [4.78, 5) is 23.9. The summed E-state index contributed by atoms with van der Waals surface area (Å²) in [6.07, 6.45) is 2.24. The maximum atomic E-state index is 12.5. The van der Waals surface area contributed by atoms with Crippen LogP contribution in [0.15, 0.2) is 29.3 Å². The number of para-hydroxylation sites is 1. The zero-order chi connectivity index (χ0) is 22.7. The number of hydrogen-bond acceptors (Lipinski definition) is 7. The molecule has 3 heterocycles.